The van der Waals surface area contributed by atoms with Gasteiger partial charge in [0.15, 0.2) is 0 Å². The maximum atomic E-state index is 5.42. The third kappa shape index (κ3) is 1.95. The molecule has 1 heterocycles. The van der Waals surface area contributed by atoms with E-state index in [1.807, 2.05) is 43.4 Å². The summed E-state index contributed by atoms with van der Waals surface area (Å²) in [7, 11) is 3.58. The van der Waals surface area contributed by atoms with Crippen LogP contribution in [0.4, 0.5) is 0 Å². The van der Waals surface area contributed by atoms with Crippen molar-refractivity contribution in [2.45, 2.75) is 6.04 Å². The Kier molecular flexibility index (Phi) is 3.27. The maximum Gasteiger partial charge on any atom is 0.125 e. The SMILES string of the molecule is CN[C@@H](c1ccco1)c1ccccc1OC. The molecule has 0 radical (unpaired) electrons. The molecule has 1 atom stereocenters. The number of hydrogen-bond acceptors (Lipinski definition) is 3. The Morgan fingerprint density at radius 1 is 1.19 bits per heavy atom. The number of para-hydroxylation sites is 1. The number of nitrogens with one attached hydrogen (secondary N) is 1. The van der Waals surface area contributed by atoms with E-state index < -0.39 is 0 Å². The van der Waals surface area contributed by atoms with Gasteiger partial charge in [0, 0.05) is 5.56 Å². The Morgan fingerprint density at radius 3 is 2.62 bits per heavy atom. The number of ether oxygens (including phenoxy) is 1. The van der Waals surface area contributed by atoms with Gasteiger partial charge in [0.05, 0.1) is 19.4 Å². The molecule has 3 nitrogen and oxygen atoms in total. The molecule has 0 aliphatic carbocycles. The van der Waals surface area contributed by atoms with Crippen LogP contribution in [0, 0.1) is 0 Å². The second kappa shape index (κ2) is 4.86. The molecule has 0 amide bonds. The van der Waals surface area contributed by atoms with Gasteiger partial charge in [-0.25, -0.2) is 0 Å². The standard InChI is InChI=1S/C13H15NO2/c1-14-13(12-8-5-9-16-12)10-6-3-4-7-11(10)15-2/h3-9,13-14H,1-2H3/t13-/m1/s1. The first kappa shape index (κ1) is 10.8. The van der Waals surface area contributed by atoms with E-state index in [0.717, 1.165) is 17.1 Å². The maximum absolute atomic E-state index is 5.42. The first-order valence-electron chi connectivity index (χ1n) is 5.20. The molecule has 0 bridgehead atoms. The second-order valence-electron chi connectivity index (χ2n) is 3.48. The quantitative estimate of drug-likeness (QED) is 0.854. The van der Waals surface area contributed by atoms with E-state index in [1.54, 1.807) is 13.4 Å². The van der Waals surface area contributed by atoms with Crippen LogP contribution in [-0.2, 0) is 0 Å². The van der Waals surface area contributed by atoms with Crippen molar-refractivity contribution < 1.29 is 9.15 Å². The molecule has 1 aromatic heterocycles. The van der Waals surface area contributed by atoms with E-state index in [9.17, 15) is 0 Å². The molecule has 1 N–H and O–H groups in total. The number of benzene rings is 1. The summed E-state index contributed by atoms with van der Waals surface area (Å²) >= 11 is 0. The van der Waals surface area contributed by atoms with Crippen LogP contribution in [-0.4, -0.2) is 14.2 Å². The summed E-state index contributed by atoms with van der Waals surface area (Å²) in [4.78, 5) is 0. The number of furan rings is 1. The molecule has 0 fully saturated rings. The lowest BCUT2D eigenvalue weighted by Crippen LogP contribution is -2.17. The molecular formula is C13H15NO2. The van der Waals surface area contributed by atoms with Crippen LogP contribution < -0.4 is 10.1 Å². The first-order chi connectivity index (χ1) is 7.86. The van der Waals surface area contributed by atoms with Crippen molar-refractivity contribution in [1.82, 2.24) is 5.32 Å². The molecule has 2 aromatic rings. The molecule has 0 unspecified atom stereocenters. The Morgan fingerprint density at radius 2 is 2.00 bits per heavy atom. The fourth-order valence-corrected chi connectivity index (χ4v) is 1.81. The minimum atomic E-state index is 0.0196. The minimum Gasteiger partial charge on any atom is -0.496 e. The van der Waals surface area contributed by atoms with Gasteiger partial charge in [-0.3, -0.25) is 0 Å². The summed E-state index contributed by atoms with van der Waals surface area (Å²) in [6.45, 7) is 0. The van der Waals surface area contributed by atoms with Crippen LogP contribution in [0.1, 0.15) is 17.4 Å². The fourth-order valence-electron chi connectivity index (χ4n) is 1.81. The molecule has 84 valence electrons. The van der Waals surface area contributed by atoms with E-state index in [2.05, 4.69) is 5.32 Å². The Bertz CT molecular complexity index is 437. The molecule has 0 aliphatic rings. The lowest BCUT2D eigenvalue weighted by atomic mass is 10.0. The zero-order valence-electron chi connectivity index (χ0n) is 9.44. The van der Waals surface area contributed by atoms with Crippen molar-refractivity contribution in [1.29, 1.82) is 0 Å². The van der Waals surface area contributed by atoms with Crippen LogP contribution in [0.3, 0.4) is 0 Å². The van der Waals surface area contributed by atoms with Gasteiger partial charge in [0.1, 0.15) is 11.5 Å². The monoisotopic (exact) mass is 217 g/mol. The lowest BCUT2D eigenvalue weighted by Gasteiger charge is -2.17. The Labute approximate surface area is 95.0 Å². The number of methoxy groups -OCH3 is 1. The van der Waals surface area contributed by atoms with Gasteiger partial charge in [0.2, 0.25) is 0 Å². The molecule has 2 rings (SSSR count). The van der Waals surface area contributed by atoms with Crippen molar-refractivity contribution >= 4 is 0 Å². The normalized spacial score (nSPS) is 12.4. The Hall–Kier alpha value is -1.74. The zero-order chi connectivity index (χ0) is 11.4. The summed E-state index contributed by atoms with van der Waals surface area (Å²) in [5.41, 5.74) is 1.07. The number of rotatable bonds is 4. The highest BCUT2D eigenvalue weighted by Gasteiger charge is 2.17. The molecule has 3 heteroatoms. The average Bonchev–Trinajstić information content (AvgIpc) is 2.84. The third-order valence-corrected chi connectivity index (χ3v) is 2.57. The van der Waals surface area contributed by atoms with Gasteiger partial charge in [-0.2, -0.15) is 0 Å². The van der Waals surface area contributed by atoms with Crippen LogP contribution in [0.5, 0.6) is 5.75 Å². The predicted octanol–water partition coefficient (Wildman–Crippen LogP) is 2.60. The summed E-state index contributed by atoms with van der Waals surface area (Å²) in [6.07, 6.45) is 1.68. The van der Waals surface area contributed by atoms with Crippen LogP contribution >= 0.6 is 0 Å². The average molecular weight is 217 g/mol. The van der Waals surface area contributed by atoms with Crippen molar-refractivity contribution in [3.05, 3.63) is 54.0 Å². The van der Waals surface area contributed by atoms with E-state index >= 15 is 0 Å². The molecule has 0 spiro atoms. The summed E-state index contributed by atoms with van der Waals surface area (Å²) in [5.74, 6) is 1.74. The molecule has 1 aromatic carbocycles. The molecular weight excluding hydrogens is 202 g/mol. The van der Waals surface area contributed by atoms with E-state index in [4.69, 9.17) is 9.15 Å². The van der Waals surface area contributed by atoms with Crippen LogP contribution in [0.25, 0.3) is 0 Å². The molecule has 16 heavy (non-hydrogen) atoms. The van der Waals surface area contributed by atoms with Crippen LogP contribution in [0.15, 0.2) is 47.1 Å². The molecule has 0 saturated carbocycles. The van der Waals surface area contributed by atoms with Crippen molar-refractivity contribution in [3.8, 4) is 5.75 Å². The summed E-state index contributed by atoms with van der Waals surface area (Å²) in [6, 6.07) is 11.8. The topological polar surface area (TPSA) is 34.4 Å². The fraction of sp³-hybridized carbons (Fsp3) is 0.231. The highest BCUT2D eigenvalue weighted by Crippen LogP contribution is 2.29. The summed E-state index contributed by atoms with van der Waals surface area (Å²) < 4.78 is 10.8. The minimum absolute atomic E-state index is 0.0196. The van der Waals surface area contributed by atoms with Crippen LogP contribution in [0.2, 0.25) is 0 Å². The van der Waals surface area contributed by atoms with E-state index in [1.165, 1.54) is 0 Å². The van der Waals surface area contributed by atoms with E-state index in [0.29, 0.717) is 0 Å². The molecule has 0 saturated heterocycles. The van der Waals surface area contributed by atoms with Gasteiger partial charge < -0.3 is 14.5 Å². The third-order valence-electron chi connectivity index (χ3n) is 2.57. The van der Waals surface area contributed by atoms with Crippen molar-refractivity contribution in [3.63, 3.8) is 0 Å². The number of hydrogen-bond donors (Lipinski definition) is 1. The highest BCUT2D eigenvalue weighted by molar-refractivity contribution is 5.39. The molecule has 0 aliphatic heterocycles. The lowest BCUT2D eigenvalue weighted by molar-refractivity contribution is 0.397. The summed E-state index contributed by atoms with van der Waals surface area (Å²) in [5, 5.41) is 3.22. The van der Waals surface area contributed by atoms with Gasteiger partial charge >= 0.3 is 0 Å². The van der Waals surface area contributed by atoms with Gasteiger partial charge in [-0.05, 0) is 25.2 Å². The van der Waals surface area contributed by atoms with Gasteiger partial charge in [0.25, 0.3) is 0 Å². The van der Waals surface area contributed by atoms with Gasteiger partial charge in [-0.1, -0.05) is 18.2 Å². The smallest absolute Gasteiger partial charge is 0.125 e. The largest absolute Gasteiger partial charge is 0.496 e. The first-order valence-corrected chi connectivity index (χ1v) is 5.20. The Balaban J connectivity index is 2.41. The second-order valence-corrected chi connectivity index (χ2v) is 3.48. The van der Waals surface area contributed by atoms with Crippen molar-refractivity contribution in [2.75, 3.05) is 14.2 Å². The highest BCUT2D eigenvalue weighted by atomic mass is 16.5. The van der Waals surface area contributed by atoms with E-state index in [-0.39, 0.29) is 6.04 Å². The van der Waals surface area contributed by atoms with Crippen molar-refractivity contribution in [2.24, 2.45) is 0 Å². The zero-order valence-corrected chi connectivity index (χ0v) is 9.44. The van der Waals surface area contributed by atoms with Gasteiger partial charge in [-0.15, -0.1) is 0 Å². The predicted molar refractivity (Wildman–Crippen MR) is 62.6 cm³/mol.